The fourth-order valence-corrected chi connectivity index (χ4v) is 2.31. The van der Waals surface area contributed by atoms with Crippen molar-refractivity contribution in [2.75, 3.05) is 0 Å². The molecule has 0 saturated heterocycles. The predicted molar refractivity (Wildman–Crippen MR) is 51.5 cm³/mol. The summed E-state index contributed by atoms with van der Waals surface area (Å²) in [6.07, 6.45) is 7.15. The number of hydrogen-bond acceptors (Lipinski definition) is 5. The van der Waals surface area contributed by atoms with Crippen LogP contribution in [0.5, 0.6) is 0 Å². The zero-order valence-electron chi connectivity index (χ0n) is 7.66. The summed E-state index contributed by atoms with van der Waals surface area (Å²) in [6.45, 7) is 0. The highest BCUT2D eigenvalue weighted by Crippen LogP contribution is 2.10. The van der Waals surface area contributed by atoms with Crippen LogP contribution in [0.15, 0.2) is 36.3 Å². The average Bonchev–Trinajstić information content (AvgIpc) is 2.71. The lowest BCUT2D eigenvalue weighted by Crippen LogP contribution is -2.07. The van der Waals surface area contributed by atoms with Gasteiger partial charge in [0.05, 0.1) is 5.75 Å². The van der Waals surface area contributed by atoms with Crippen molar-refractivity contribution in [2.45, 2.75) is 10.9 Å². The highest BCUT2D eigenvalue weighted by molar-refractivity contribution is 7.90. The Morgan fingerprint density at radius 3 is 2.60 bits per heavy atom. The van der Waals surface area contributed by atoms with Crippen LogP contribution in [-0.4, -0.2) is 28.4 Å². The van der Waals surface area contributed by atoms with Gasteiger partial charge in [0.25, 0.3) is 0 Å². The van der Waals surface area contributed by atoms with Gasteiger partial charge in [-0.15, -0.1) is 0 Å². The van der Waals surface area contributed by atoms with E-state index in [1.165, 1.54) is 31.1 Å². The normalized spacial score (nSPS) is 11.5. The van der Waals surface area contributed by atoms with Gasteiger partial charge in [-0.2, -0.15) is 0 Å². The van der Waals surface area contributed by atoms with Crippen molar-refractivity contribution < 1.29 is 8.42 Å². The van der Waals surface area contributed by atoms with Crippen molar-refractivity contribution in [1.82, 2.24) is 19.9 Å². The lowest BCUT2D eigenvalue weighted by Gasteiger charge is -1.99. The van der Waals surface area contributed by atoms with Crippen molar-refractivity contribution in [2.24, 2.45) is 0 Å². The van der Waals surface area contributed by atoms with Crippen LogP contribution in [0, 0.1) is 0 Å². The molecule has 0 aromatic carbocycles. The number of aromatic amines is 1. The number of rotatable bonds is 3. The minimum Gasteiger partial charge on any atom is -0.336 e. The molecule has 2 heterocycles. The van der Waals surface area contributed by atoms with Crippen LogP contribution in [0.2, 0.25) is 0 Å². The first kappa shape index (κ1) is 9.78. The van der Waals surface area contributed by atoms with Crippen LogP contribution >= 0.6 is 0 Å². The molecule has 0 aliphatic heterocycles. The molecule has 2 aromatic rings. The lowest BCUT2D eigenvalue weighted by molar-refractivity contribution is 0.588. The topological polar surface area (TPSA) is 88.6 Å². The van der Waals surface area contributed by atoms with E-state index in [1.807, 2.05) is 0 Å². The highest BCUT2D eigenvalue weighted by Gasteiger charge is 2.17. The van der Waals surface area contributed by atoms with Gasteiger partial charge in [-0.05, 0) is 0 Å². The molecule has 2 rings (SSSR count). The fraction of sp³-hybridized carbons (Fsp3) is 0.125. The molecule has 0 spiro atoms. The molecule has 2 aromatic heterocycles. The SMILES string of the molecule is O=S(=O)(Cc1cncnc1)c1ncc[nH]1. The first-order valence-corrected chi connectivity index (χ1v) is 5.80. The van der Waals surface area contributed by atoms with E-state index in [1.54, 1.807) is 0 Å². The third kappa shape index (κ3) is 2.18. The molecular weight excluding hydrogens is 216 g/mol. The van der Waals surface area contributed by atoms with Crippen molar-refractivity contribution >= 4 is 9.84 Å². The van der Waals surface area contributed by atoms with E-state index in [0.717, 1.165) is 0 Å². The molecule has 6 nitrogen and oxygen atoms in total. The standard InChI is InChI=1S/C8H8N4O2S/c13-15(14,8-11-1-2-12-8)5-7-3-9-6-10-4-7/h1-4,6H,5H2,(H,11,12). The van der Waals surface area contributed by atoms with E-state index >= 15 is 0 Å². The number of nitrogens with zero attached hydrogens (tertiary/aromatic N) is 3. The minimum absolute atomic E-state index is 0.0358. The van der Waals surface area contributed by atoms with Gasteiger partial charge in [0.15, 0.2) is 0 Å². The van der Waals surface area contributed by atoms with Crippen LogP contribution in [0.1, 0.15) is 5.56 Å². The van der Waals surface area contributed by atoms with Gasteiger partial charge in [0.1, 0.15) is 6.33 Å². The Bertz CT molecular complexity index is 521. The Hall–Kier alpha value is -1.76. The smallest absolute Gasteiger partial charge is 0.225 e. The summed E-state index contributed by atoms with van der Waals surface area (Å²) >= 11 is 0. The zero-order chi connectivity index (χ0) is 10.7. The number of H-pyrrole nitrogens is 1. The van der Waals surface area contributed by atoms with E-state index in [4.69, 9.17) is 0 Å². The first-order chi connectivity index (χ1) is 7.18. The Labute approximate surface area is 86.3 Å². The summed E-state index contributed by atoms with van der Waals surface area (Å²) in [5.41, 5.74) is 0.536. The Balaban J connectivity index is 2.27. The molecule has 0 saturated carbocycles. The maximum atomic E-state index is 11.7. The second-order valence-corrected chi connectivity index (χ2v) is 4.81. The average molecular weight is 224 g/mol. The van der Waals surface area contributed by atoms with Gasteiger partial charge in [0.2, 0.25) is 15.0 Å². The molecule has 7 heteroatoms. The number of aromatic nitrogens is 4. The molecule has 0 aliphatic rings. The van der Waals surface area contributed by atoms with Gasteiger partial charge < -0.3 is 4.98 Å². The molecule has 0 radical (unpaired) electrons. The lowest BCUT2D eigenvalue weighted by atomic mass is 10.4. The molecule has 0 unspecified atom stereocenters. The van der Waals surface area contributed by atoms with E-state index in [0.29, 0.717) is 5.56 Å². The van der Waals surface area contributed by atoms with Crippen LogP contribution in [0.25, 0.3) is 0 Å². The zero-order valence-corrected chi connectivity index (χ0v) is 8.48. The van der Waals surface area contributed by atoms with E-state index in [-0.39, 0.29) is 10.9 Å². The van der Waals surface area contributed by atoms with E-state index < -0.39 is 9.84 Å². The van der Waals surface area contributed by atoms with Crippen LogP contribution in [0.4, 0.5) is 0 Å². The number of nitrogens with one attached hydrogen (secondary N) is 1. The van der Waals surface area contributed by atoms with Gasteiger partial charge in [-0.3, -0.25) is 0 Å². The van der Waals surface area contributed by atoms with Gasteiger partial charge in [-0.25, -0.2) is 23.4 Å². The van der Waals surface area contributed by atoms with Crippen LogP contribution < -0.4 is 0 Å². The van der Waals surface area contributed by atoms with Gasteiger partial charge in [-0.1, -0.05) is 0 Å². The summed E-state index contributed by atoms with van der Waals surface area (Å²) < 4.78 is 23.4. The second-order valence-electron chi connectivity index (χ2n) is 2.90. The quantitative estimate of drug-likeness (QED) is 0.803. The van der Waals surface area contributed by atoms with Gasteiger partial charge >= 0.3 is 0 Å². The van der Waals surface area contributed by atoms with Crippen molar-refractivity contribution in [3.8, 4) is 0 Å². The number of hydrogen-bond donors (Lipinski definition) is 1. The molecule has 0 atom stereocenters. The summed E-state index contributed by atoms with van der Waals surface area (Å²) in [7, 11) is -3.42. The fourth-order valence-electron chi connectivity index (χ4n) is 1.11. The van der Waals surface area contributed by atoms with E-state index in [2.05, 4.69) is 19.9 Å². The molecule has 15 heavy (non-hydrogen) atoms. The van der Waals surface area contributed by atoms with E-state index in [9.17, 15) is 8.42 Å². The highest BCUT2D eigenvalue weighted by atomic mass is 32.2. The third-order valence-electron chi connectivity index (χ3n) is 1.74. The maximum absolute atomic E-state index is 11.7. The maximum Gasteiger partial charge on any atom is 0.225 e. The second kappa shape index (κ2) is 3.77. The predicted octanol–water partition coefficient (Wildman–Crippen LogP) is 0.174. The van der Waals surface area contributed by atoms with Crippen molar-refractivity contribution in [3.05, 3.63) is 36.7 Å². The summed E-state index contributed by atoms with van der Waals surface area (Å²) in [4.78, 5) is 13.7. The molecule has 78 valence electrons. The molecule has 0 aliphatic carbocycles. The molecule has 0 fully saturated rings. The molecule has 0 amide bonds. The Morgan fingerprint density at radius 2 is 2.00 bits per heavy atom. The Kier molecular flexibility index (Phi) is 2.46. The molecular formula is C8H8N4O2S. The van der Waals surface area contributed by atoms with Crippen LogP contribution in [-0.2, 0) is 15.6 Å². The van der Waals surface area contributed by atoms with Crippen LogP contribution in [0.3, 0.4) is 0 Å². The van der Waals surface area contributed by atoms with Gasteiger partial charge in [0, 0.05) is 30.4 Å². The third-order valence-corrected chi connectivity index (χ3v) is 3.26. The monoisotopic (exact) mass is 224 g/mol. The van der Waals surface area contributed by atoms with Crippen molar-refractivity contribution in [1.29, 1.82) is 0 Å². The Morgan fingerprint density at radius 1 is 1.27 bits per heavy atom. The minimum atomic E-state index is -3.42. The largest absolute Gasteiger partial charge is 0.336 e. The van der Waals surface area contributed by atoms with Crippen molar-refractivity contribution in [3.63, 3.8) is 0 Å². The summed E-state index contributed by atoms with van der Waals surface area (Å²) in [5.74, 6) is -0.151. The first-order valence-electron chi connectivity index (χ1n) is 4.14. The molecule has 0 bridgehead atoms. The summed E-state index contributed by atoms with van der Waals surface area (Å²) in [5, 5.41) is -0.0358. The number of sulfone groups is 1. The molecule has 1 N–H and O–H groups in total. The number of imidazole rings is 1. The summed E-state index contributed by atoms with van der Waals surface area (Å²) in [6, 6.07) is 0.